The van der Waals surface area contributed by atoms with Gasteiger partial charge in [-0.3, -0.25) is 4.98 Å². The largest absolute Gasteiger partial charge is 0.368 e. The molecule has 0 N–H and O–H groups in total. The van der Waals surface area contributed by atoms with E-state index in [1.165, 1.54) is 31.5 Å². The van der Waals surface area contributed by atoms with Gasteiger partial charge in [-0.25, -0.2) is 0 Å². The monoisotopic (exact) mass is 238 g/mol. The van der Waals surface area contributed by atoms with E-state index in [4.69, 9.17) is 11.6 Å². The highest BCUT2D eigenvalue weighted by Crippen LogP contribution is 2.28. The number of anilines is 1. The lowest BCUT2D eigenvalue weighted by atomic mass is 10.1. The van der Waals surface area contributed by atoms with E-state index >= 15 is 0 Å². The molecule has 1 aliphatic rings. The molecule has 1 aromatic rings. The third kappa shape index (κ3) is 2.67. The van der Waals surface area contributed by atoms with Gasteiger partial charge in [0.25, 0.3) is 0 Å². The van der Waals surface area contributed by atoms with Crippen molar-refractivity contribution in [2.75, 3.05) is 17.3 Å². The van der Waals surface area contributed by atoms with Gasteiger partial charge in [-0.2, -0.15) is 0 Å². The zero-order chi connectivity index (χ0) is 11.4. The van der Waals surface area contributed by atoms with Crippen LogP contribution >= 0.6 is 11.6 Å². The Hall–Kier alpha value is -0.760. The number of nitrogens with zero attached hydrogens (tertiary/aromatic N) is 2. The summed E-state index contributed by atoms with van der Waals surface area (Å²) in [5.41, 5.74) is 2.42. The summed E-state index contributed by atoms with van der Waals surface area (Å²) >= 11 is 5.77. The van der Waals surface area contributed by atoms with Crippen molar-refractivity contribution in [3.63, 3.8) is 0 Å². The Morgan fingerprint density at radius 2 is 2.44 bits per heavy atom. The Balaban J connectivity index is 2.07. The molecule has 2 rings (SSSR count). The van der Waals surface area contributed by atoms with E-state index in [2.05, 4.69) is 22.0 Å². The fraction of sp³-hybridized carbons (Fsp3) is 0.615. The first-order valence-corrected chi connectivity index (χ1v) is 6.60. The van der Waals surface area contributed by atoms with E-state index in [1.54, 1.807) is 0 Å². The topological polar surface area (TPSA) is 16.1 Å². The van der Waals surface area contributed by atoms with Crippen LogP contribution < -0.4 is 4.90 Å². The molecule has 2 nitrogen and oxygen atoms in total. The summed E-state index contributed by atoms with van der Waals surface area (Å²) in [6.07, 6.45) is 6.84. The third-order valence-electron chi connectivity index (χ3n) is 3.26. The van der Waals surface area contributed by atoms with Gasteiger partial charge in [0.15, 0.2) is 0 Å². The van der Waals surface area contributed by atoms with Crippen molar-refractivity contribution >= 4 is 17.3 Å². The first-order chi connectivity index (χ1) is 7.81. The van der Waals surface area contributed by atoms with Gasteiger partial charge >= 0.3 is 0 Å². The van der Waals surface area contributed by atoms with Gasteiger partial charge in [-0.05, 0) is 44.7 Å². The minimum absolute atomic E-state index is 0.681. The van der Waals surface area contributed by atoms with E-state index in [-0.39, 0.29) is 0 Å². The highest BCUT2D eigenvalue weighted by Gasteiger charge is 2.24. The number of hydrogen-bond donors (Lipinski definition) is 0. The summed E-state index contributed by atoms with van der Waals surface area (Å²) in [7, 11) is 0. The number of pyridine rings is 1. The van der Waals surface area contributed by atoms with E-state index < -0.39 is 0 Å². The van der Waals surface area contributed by atoms with Gasteiger partial charge in [0.05, 0.1) is 0 Å². The second-order valence-electron chi connectivity index (χ2n) is 4.48. The Kier molecular flexibility index (Phi) is 4.05. The molecule has 2 heterocycles. The molecule has 1 fully saturated rings. The Labute approximate surface area is 103 Å². The lowest BCUT2D eigenvalue weighted by Crippen LogP contribution is -2.29. The molecule has 3 heteroatoms. The predicted octanol–water partition coefficient (Wildman–Crippen LogP) is 3.38. The Bertz CT molecular complexity index is 340. The summed E-state index contributed by atoms with van der Waals surface area (Å²) < 4.78 is 0. The lowest BCUT2D eigenvalue weighted by molar-refractivity contribution is 0.602. The average Bonchev–Trinajstić information content (AvgIpc) is 2.74. The summed E-state index contributed by atoms with van der Waals surface area (Å²) in [5, 5.41) is 0. The van der Waals surface area contributed by atoms with Gasteiger partial charge in [0, 0.05) is 36.0 Å². The van der Waals surface area contributed by atoms with Gasteiger partial charge < -0.3 is 4.90 Å². The first-order valence-electron chi connectivity index (χ1n) is 6.06. The maximum absolute atomic E-state index is 5.77. The maximum atomic E-state index is 5.77. The fourth-order valence-corrected chi connectivity index (χ4v) is 2.65. The van der Waals surface area contributed by atoms with Crippen LogP contribution in [-0.2, 0) is 0 Å². The number of halogens is 1. The standard InChI is InChI=1S/C13H19ClN2/c1-11-10-13(6-8-15-11)16-9-3-5-12(16)4-2-7-14/h6,8,10,12H,2-5,7,9H2,1H3. The number of aromatic nitrogens is 1. The van der Waals surface area contributed by atoms with E-state index in [0.717, 1.165) is 18.0 Å². The molecule has 0 saturated carbocycles. The van der Waals surface area contributed by atoms with Crippen LogP contribution in [0.5, 0.6) is 0 Å². The van der Waals surface area contributed by atoms with Crippen LogP contribution in [0.1, 0.15) is 31.4 Å². The van der Waals surface area contributed by atoms with Gasteiger partial charge in [-0.15, -0.1) is 11.6 Å². The molecule has 88 valence electrons. The summed E-state index contributed by atoms with van der Waals surface area (Å²) in [4.78, 5) is 6.77. The predicted molar refractivity (Wildman–Crippen MR) is 69.3 cm³/mol. The molecule has 0 spiro atoms. The van der Waals surface area contributed by atoms with Crippen LogP contribution in [0, 0.1) is 6.92 Å². The molecule has 1 saturated heterocycles. The van der Waals surface area contributed by atoms with Crippen molar-refractivity contribution < 1.29 is 0 Å². The zero-order valence-corrected chi connectivity index (χ0v) is 10.6. The van der Waals surface area contributed by atoms with Crippen molar-refractivity contribution in [3.05, 3.63) is 24.0 Å². The maximum Gasteiger partial charge on any atom is 0.0402 e. The molecule has 0 bridgehead atoms. The molecule has 1 atom stereocenters. The molecular weight excluding hydrogens is 220 g/mol. The number of hydrogen-bond acceptors (Lipinski definition) is 2. The molecular formula is C13H19ClN2. The molecule has 0 amide bonds. The minimum Gasteiger partial charge on any atom is -0.368 e. The number of rotatable bonds is 4. The molecule has 0 radical (unpaired) electrons. The van der Waals surface area contributed by atoms with Crippen molar-refractivity contribution in [2.45, 2.75) is 38.6 Å². The molecule has 16 heavy (non-hydrogen) atoms. The second kappa shape index (κ2) is 5.53. The fourth-order valence-electron chi connectivity index (χ4n) is 2.50. The van der Waals surface area contributed by atoms with Gasteiger partial charge in [0.2, 0.25) is 0 Å². The van der Waals surface area contributed by atoms with Crippen molar-refractivity contribution in [2.24, 2.45) is 0 Å². The van der Waals surface area contributed by atoms with Crippen LogP contribution in [0.3, 0.4) is 0 Å². The van der Waals surface area contributed by atoms with Crippen molar-refractivity contribution in [3.8, 4) is 0 Å². The summed E-state index contributed by atoms with van der Waals surface area (Å²) in [5.74, 6) is 0.777. The highest BCUT2D eigenvalue weighted by atomic mass is 35.5. The van der Waals surface area contributed by atoms with Crippen LogP contribution in [0.2, 0.25) is 0 Å². The molecule has 0 aliphatic carbocycles. The Morgan fingerprint density at radius 1 is 1.56 bits per heavy atom. The molecule has 0 aromatic carbocycles. The van der Waals surface area contributed by atoms with Crippen molar-refractivity contribution in [1.29, 1.82) is 0 Å². The SMILES string of the molecule is Cc1cc(N2CCCC2CCCCl)ccn1. The normalized spacial score (nSPS) is 20.4. The quantitative estimate of drug-likeness (QED) is 0.748. The summed E-state index contributed by atoms with van der Waals surface area (Å²) in [6.45, 7) is 3.23. The molecule has 1 aromatic heterocycles. The lowest BCUT2D eigenvalue weighted by Gasteiger charge is -2.26. The van der Waals surface area contributed by atoms with Crippen LogP contribution in [-0.4, -0.2) is 23.5 Å². The number of alkyl halides is 1. The third-order valence-corrected chi connectivity index (χ3v) is 3.53. The number of aryl methyl sites for hydroxylation is 1. The zero-order valence-electron chi connectivity index (χ0n) is 9.82. The first kappa shape index (κ1) is 11.7. The molecule has 1 unspecified atom stereocenters. The van der Waals surface area contributed by atoms with E-state index in [9.17, 15) is 0 Å². The average molecular weight is 239 g/mol. The van der Waals surface area contributed by atoms with Crippen LogP contribution in [0.25, 0.3) is 0 Å². The Morgan fingerprint density at radius 3 is 3.19 bits per heavy atom. The molecule has 1 aliphatic heterocycles. The van der Waals surface area contributed by atoms with Gasteiger partial charge in [-0.1, -0.05) is 0 Å². The van der Waals surface area contributed by atoms with Crippen LogP contribution in [0.4, 0.5) is 5.69 Å². The highest BCUT2D eigenvalue weighted by molar-refractivity contribution is 6.17. The summed E-state index contributed by atoms with van der Waals surface area (Å²) in [6, 6.07) is 4.98. The van der Waals surface area contributed by atoms with E-state index in [0.29, 0.717) is 6.04 Å². The second-order valence-corrected chi connectivity index (χ2v) is 4.85. The minimum atomic E-state index is 0.681. The smallest absolute Gasteiger partial charge is 0.0402 e. The van der Waals surface area contributed by atoms with Gasteiger partial charge in [0.1, 0.15) is 0 Å². The van der Waals surface area contributed by atoms with Crippen LogP contribution in [0.15, 0.2) is 18.3 Å². The van der Waals surface area contributed by atoms with Crippen molar-refractivity contribution in [1.82, 2.24) is 4.98 Å². The van der Waals surface area contributed by atoms with E-state index in [1.807, 2.05) is 13.1 Å².